The summed E-state index contributed by atoms with van der Waals surface area (Å²) in [7, 11) is 6.33. The zero-order valence-electron chi connectivity index (χ0n) is 11.8. The Bertz CT molecular complexity index is 554. The largest absolute Gasteiger partial charge is 0.373 e. The van der Waals surface area contributed by atoms with Crippen LogP contribution in [0.5, 0.6) is 0 Å². The Balaban J connectivity index is 2.38. The van der Waals surface area contributed by atoms with Gasteiger partial charge in [0.15, 0.2) is 0 Å². The molecule has 2 aromatic carbocycles. The summed E-state index contributed by atoms with van der Waals surface area (Å²) in [6.45, 7) is 2.05. The lowest BCUT2D eigenvalue weighted by Crippen LogP contribution is -2.28. The summed E-state index contributed by atoms with van der Waals surface area (Å²) in [5.74, 6) is 0. The van der Waals surface area contributed by atoms with Crippen LogP contribution in [-0.4, -0.2) is 39.1 Å². The van der Waals surface area contributed by atoms with Crippen LogP contribution < -0.4 is 10.0 Å². The smallest absolute Gasteiger partial charge is 0.0444 e. The molecule has 0 bridgehead atoms. The Labute approximate surface area is 119 Å². The summed E-state index contributed by atoms with van der Waals surface area (Å²) >= 11 is 1.31. The van der Waals surface area contributed by atoms with E-state index in [4.69, 9.17) is 5.14 Å². The number of likely N-dealkylation sites (N-methyl/N-ethyl adjacent to an activating group) is 2. The van der Waals surface area contributed by atoms with Crippen LogP contribution in [0.4, 0.5) is 5.69 Å². The van der Waals surface area contributed by atoms with Crippen molar-refractivity contribution in [3.63, 3.8) is 0 Å². The van der Waals surface area contributed by atoms with Crippen LogP contribution in [0.15, 0.2) is 41.3 Å². The van der Waals surface area contributed by atoms with E-state index in [-0.39, 0.29) is 0 Å². The zero-order chi connectivity index (χ0) is 13.8. The maximum absolute atomic E-state index is 5.74. The first-order valence-electron chi connectivity index (χ1n) is 6.38. The van der Waals surface area contributed by atoms with E-state index in [1.54, 1.807) is 0 Å². The average Bonchev–Trinajstić information content (AvgIpc) is 2.43. The van der Waals surface area contributed by atoms with Crippen molar-refractivity contribution in [2.75, 3.05) is 39.1 Å². The second kappa shape index (κ2) is 6.28. The molecule has 0 unspecified atom stereocenters. The van der Waals surface area contributed by atoms with E-state index < -0.39 is 0 Å². The van der Waals surface area contributed by atoms with Gasteiger partial charge in [-0.15, -0.1) is 0 Å². The Morgan fingerprint density at radius 2 is 1.63 bits per heavy atom. The molecule has 0 fully saturated rings. The van der Waals surface area contributed by atoms with Crippen LogP contribution in [0.3, 0.4) is 0 Å². The summed E-state index contributed by atoms with van der Waals surface area (Å²) in [5.41, 5.74) is 1.26. The average molecular weight is 275 g/mol. The molecule has 0 atom stereocenters. The third kappa shape index (κ3) is 3.21. The number of nitrogens with two attached hydrogens (primary N) is 1. The number of anilines is 1. The highest BCUT2D eigenvalue weighted by molar-refractivity contribution is 7.97. The molecule has 3 nitrogen and oxygen atoms in total. The van der Waals surface area contributed by atoms with Crippen molar-refractivity contribution < 1.29 is 0 Å². The molecule has 0 amide bonds. The maximum Gasteiger partial charge on any atom is 0.0444 e. The Hall–Kier alpha value is -1.23. The Morgan fingerprint density at radius 3 is 2.32 bits per heavy atom. The van der Waals surface area contributed by atoms with Gasteiger partial charge in [0.25, 0.3) is 0 Å². The van der Waals surface area contributed by atoms with E-state index in [2.05, 4.69) is 67.3 Å². The van der Waals surface area contributed by atoms with Crippen LogP contribution in [0.1, 0.15) is 0 Å². The second-order valence-corrected chi connectivity index (χ2v) is 5.65. The first-order valence-corrected chi connectivity index (χ1v) is 7.26. The fourth-order valence-corrected chi connectivity index (χ4v) is 2.63. The van der Waals surface area contributed by atoms with Gasteiger partial charge in [-0.3, -0.25) is 5.14 Å². The summed E-state index contributed by atoms with van der Waals surface area (Å²) in [5, 5.41) is 8.23. The normalized spacial score (nSPS) is 11.2. The SMILES string of the molecule is CN(C)CCN(C)c1cccc2c(SN)cccc12. The van der Waals surface area contributed by atoms with Crippen LogP contribution in [-0.2, 0) is 0 Å². The molecule has 2 N–H and O–H groups in total. The van der Waals surface area contributed by atoms with Gasteiger partial charge in [-0.05, 0) is 43.6 Å². The fourth-order valence-electron chi connectivity index (χ4n) is 2.17. The number of hydrogen-bond donors (Lipinski definition) is 1. The van der Waals surface area contributed by atoms with E-state index in [9.17, 15) is 0 Å². The third-order valence-corrected chi connectivity index (χ3v) is 3.89. The van der Waals surface area contributed by atoms with Crippen molar-refractivity contribution in [3.8, 4) is 0 Å². The van der Waals surface area contributed by atoms with Gasteiger partial charge in [0, 0.05) is 36.1 Å². The minimum atomic E-state index is 1.01. The minimum absolute atomic E-state index is 1.01. The molecule has 4 heteroatoms. The van der Waals surface area contributed by atoms with Crippen molar-refractivity contribution in [1.29, 1.82) is 0 Å². The molecule has 0 spiro atoms. The molecule has 19 heavy (non-hydrogen) atoms. The minimum Gasteiger partial charge on any atom is -0.373 e. The van der Waals surface area contributed by atoms with Crippen molar-refractivity contribution in [1.82, 2.24) is 4.90 Å². The topological polar surface area (TPSA) is 32.5 Å². The highest BCUT2D eigenvalue weighted by atomic mass is 32.2. The standard InChI is InChI=1S/C15H21N3S/c1-17(2)10-11-18(3)14-8-4-7-13-12(14)6-5-9-15(13)19-16/h4-9H,10-11,16H2,1-3H3. The summed E-state index contributed by atoms with van der Waals surface area (Å²) < 4.78 is 0. The van der Waals surface area contributed by atoms with Gasteiger partial charge in [0.05, 0.1) is 0 Å². The van der Waals surface area contributed by atoms with E-state index in [0.29, 0.717) is 0 Å². The van der Waals surface area contributed by atoms with Gasteiger partial charge in [-0.2, -0.15) is 0 Å². The lowest BCUT2D eigenvalue weighted by atomic mass is 10.1. The first kappa shape index (κ1) is 14.2. The van der Waals surface area contributed by atoms with Crippen LogP contribution in [0, 0.1) is 0 Å². The van der Waals surface area contributed by atoms with E-state index in [1.807, 2.05) is 0 Å². The van der Waals surface area contributed by atoms with E-state index in [0.717, 1.165) is 18.0 Å². The Morgan fingerprint density at radius 1 is 0.947 bits per heavy atom. The molecule has 0 aromatic heterocycles. The first-order chi connectivity index (χ1) is 9.13. The number of rotatable bonds is 5. The lowest BCUT2D eigenvalue weighted by Gasteiger charge is -2.23. The summed E-state index contributed by atoms with van der Waals surface area (Å²) in [6.07, 6.45) is 0. The van der Waals surface area contributed by atoms with E-state index in [1.165, 1.54) is 28.4 Å². The van der Waals surface area contributed by atoms with Gasteiger partial charge in [-0.25, -0.2) is 0 Å². The predicted molar refractivity (Wildman–Crippen MR) is 85.8 cm³/mol. The number of fused-ring (bicyclic) bond motifs is 1. The molecule has 2 aromatic rings. The van der Waals surface area contributed by atoms with Crippen LogP contribution >= 0.6 is 11.9 Å². The monoisotopic (exact) mass is 275 g/mol. The van der Waals surface area contributed by atoms with Gasteiger partial charge in [0.2, 0.25) is 0 Å². The Kier molecular flexibility index (Phi) is 4.69. The third-order valence-electron chi connectivity index (χ3n) is 3.28. The van der Waals surface area contributed by atoms with E-state index >= 15 is 0 Å². The maximum atomic E-state index is 5.74. The molecule has 2 rings (SSSR count). The van der Waals surface area contributed by atoms with Gasteiger partial charge in [0.1, 0.15) is 0 Å². The van der Waals surface area contributed by atoms with Gasteiger partial charge >= 0.3 is 0 Å². The van der Waals surface area contributed by atoms with Gasteiger partial charge < -0.3 is 9.80 Å². The molecule has 0 saturated carbocycles. The number of nitrogens with zero attached hydrogens (tertiary/aromatic N) is 2. The van der Waals surface area contributed by atoms with Crippen LogP contribution in [0.2, 0.25) is 0 Å². The molecule has 0 heterocycles. The quantitative estimate of drug-likeness (QED) is 0.851. The van der Waals surface area contributed by atoms with Crippen molar-refractivity contribution >= 4 is 28.4 Å². The predicted octanol–water partition coefficient (Wildman–Crippen LogP) is 2.80. The molecule has 0 aliphatic rings. The highest BCUT2D eigenvalue weighted by Gasteiger charge is 2.08. The molecule has 0 aliphatic carbocycles. The van der Waals surface area contributed by atoms with Crippen molar-refractivity contribution in [2.45, 2.75) is 4.90 Å². The summed E-state index contributed by atoms with van der Waals surface area (Å²) in [4.78, 5) is 5.62. The molecule has 0 saturated heterocycles. The number of hydrogen-bond acceptors (Lipinski definition) is 4. The molecule has 0 aliphatic heterocycles. The molecule has 0 radical (unpaired) electrons. The second-order valence-electron chi connectivity index (χ2n) is 4.97. The highest BCUT2D eigenvalue weighted by Crippen LogP contribution is 2.31. The van der Waals surface area contributed by atoms with Crippen molar-refractivity contribution in [3.05, 3.63) is 36.4 Å². The summed E-state index contributed by atoms with van der Waals surface area (Å²) in [6, 6.07) is 12.7. The molecular formula is C15H21N3S. The van der Waals surface area contributed by atoms with Crippen molar-refractivity contribution in [2.24, 2.45) is 5.14 Å². The zero-order valence-corrected chi connectivity index (χ0v) is 12.6. The molecule has 102 valence electrons. The number of benzene rings is 2. The van der Waals surface area contributed by atoms with Gasteiger partial charge in [-0.1, -0.05) is 24.3 Å². The fraction of sp³-hybridized carbons (Fsp3) is 0.333. The lowest BCUT2D eigenvalue weighted by molar-refractivity contribution is 0.416. The van der Waals surface area contributed by atoms with Crippen LogP contribution in [0.25, 0.3) is 10.8 Å². The molecular weight excluding hydrogens is 254 g/mol.